The van der Waals surface area contributed by atoms with Crippen molar-refractivity contribution in [3.05, 3.63) is 35.5 Å². The van der Waals surface area contributed by atoms with Crippen molar-refractivity contribution >= 4 is 39.7 Å². The second-order valence-electron chi connectivity index (χ2n) is 6.02. The van der Waals surface area contributed by atoms with E-state index in [1.54, 1.807) is 11.8 Å². The average molecular weight is 360 g/mol. The van der Waals surface area contributed by atoms with Crippen molar-refractivity contribution in [2.24, 2.45) is 0 Å². The minimum Gasteiger partial charge on any atom is -0.454 e. The number of carbonyl (C=O) groups excluding carboxylic acids is 3. The zero-order chi connectivity index (χ0) is 18.0. The minimum absolute atomic E-state index is 0.00802. The number of rotatable bonds is 6. The predicted octanol–water partition coefficient (Wildman–Crippen LogP) is 3.15. The number of ketones is 1. The first-order chi connectivity index (χ1) is 12.0. The van der Waals surface area contributed by atoms with Gasteiger partial charge in [-0.15, -0.1) is 0 Å². The fourth-order valence-electron chi connectivity index (χ4n) is 2.96. The minimum atomic E-state index is -0.867. The highest BCUT2D eigenvalue weighted by Gasteiger charge is 2.26. The molecule has 0 saturated carbocycles. The van der Waals surface area contributed by atoms with Gasteiger partial charge in [0.2, 0.25) is 5.78 Å². The Morgan fingerprint density at radius 2 is 2.12 bits per heavy atom. The Balaban J connectivity index is 1.63. The molecule has 2 aromatic rings. The number of aryl methyl sites for hydroxylation is 1. The maximum Gasteiger partial charge on any atom is 0.308 e. The summed E-state index contributed by atoms with van der Waals surface area (Å²) >= 11 is 1.25. The fourth-order valence-corrected chi connectivity index (χ4v) is 3.81. The number of para-hydroxylation sites is 1. The van der Waals surface area contributed by atoms with E-state index in [-0.39, 0.29) is 17.4 Å². The van der Waals surface area contributed by atoms with Crippen LogP contribution < -0.4 is 0 Å². The number of esters is 1. The standard InChI is InChI=1S/C18H20N2O4S/c1-11-16(13-5-3-4-6-14(13)19-11)17(22)12(2)24-15(21)7-8-20-9-10-25-18(20)23/h3-6,12,19H,7-10H2,1-2H3/t12-/m1/s1. The molecule has 1 aromatic heterocycles. The SMILES string of the molecule is Cc1[nH]c2ccccc2c1C(=O)[C@@H](C)OC(=O)CCN1CCSC1=O. The molecule has 132 valence electrons. The van der Waals surface area contributed by atoms with Gasteiger partial charge in [0.1, 0.15) is 0 Å². The second-order valence-corrected chi connectivity index (χ2v) is 7.06. The first kappa shape index (κ1) is 17.5. The topological polar surface area (TPSA) is 79.5 Å². The van der Waals surface area contributed by atoms with E-state index in [2.05, 4.69) is 4.98 Å². The molecule has 1 aliphatic heterocycles. The van der Waals surface area contributed by atoms with E-state index in [0.29, 0.717) is 18.7 Å². The summed E-state index contributed by atoms with van der Waals surface area (Å²) in [6.07, 6.45) is -0.773. The number of aromatic nitrogens is 1. The largest absolute Gasteiger partial charge is 0.454 e. The van der Waals surface area contributed by atoms with Crippen LogP contribution in [0.25, 0.3) is 10.9 Å². The normalized spacial score (nSPS) is 15.6. The molecular formula is C18H20N2O4S. The van der Waals surface area contributed by atoms with E-state index in [1.807, 2.05) is 31.2 Å². The number of nitrogens with zero attached hydrogens (tertiary/aromatic N) is 1. The summed E-state index contributed by atoms with van der Waals surface area (Å²) in [5, 5.41) is 0.818. The van der Waals surface area contributed by atoms with Crippen LogP contribution in [-0.2, 0) is 9.53 Å². The van der Waals surface area contributed by atoms with Crippen LogP contribution in [-0.4, -0.2) is 51.8 Å². The Bertz CT molecular complexity index is 830. The lowest BCUT2D eigenvalue weighted by molar-refractivity contribution is -0.146. The van der Waals surface area contributed by atoms with E-state index in [0.717, 1.165) is 22.3 Å². The molecule has 0 radical (unpaired) electrons. The van der Waals surface area contributed by atoms with Crippen LogP contribution in [0.15, 0.2) is 24.3 Å². The highest BCUT2D eigenvalue weighted by Crippen LogP contribution is 2.24. The van der Waals surface area contributed by atoms with Gasteiger partial charge in [-0.1, -0.05) is 30.0 Å². The molecule has 3 rings (SSSR count). The van der Waals surface area contributed by atoms with Crippen molar-refractivity contribution in [2.75, 3.05) is 18.8 Å². The zero-order valence-corrected chi connectivity index (χ0v) is 15.0. The monoisotopic (exact) mass is 360 g/mol. The number of fused-ring (bicyclic) bond motifs is 1. The number of thioether (sulfide) groups is 1. The summed E-state index contributed by atoms with van der Waals surface area (Å²) in [5.41, 5.74) is 2.20. The highest BCUT2D eigenvalue weighted by atomic mass is 32.2. The first-order valence-electron chi connectivity index (χ1n) is 8.20. The van der Waals surface area contributed by atoms with E-state index in [9.17, 15) is 14.4 Å². The maximum atomic E-state index is 12.7. The summed E-state index contributed by atoms with van der Waals surface area (Å²) in [6.45, 7) is 4.40. The molecule has 1 atom stereocenters. The van der Waals surface area contributed by atoms with Crippen LogP contribution >= 0.6 is 11.8 Å². The van der Waals surface area contributed by atoms with Crippen LogP contribution in [0.5, 0.6) is 0 Å². The van der Waals surface area contributed by atoms with Crippen molar-refractivity contribution in [2.45, 2.75) is 26.4 Å². The number of carbonyl (C=O) groups is 3. The highest BCUT2D eigenvalue weighted by molar-refractivity contribution is 8.13. The lowest BCUT2D eigenvalue weighted by Gasteiger charge is -2.16. The molecule has 7 heteroatoms. The van der Waals surface area contributed by atoms with Crippen molar-refractivity contribution in [3.8, 4) is 0 Å². The smallest absolute Gasteiger partial charge is 0.308 e. The molecule has 0 unspecified atom stereocenters. The lowest BCUT2D eigenvalue weighted by atomic mass is 10.0. The van der Waals surface area contributed by atoms with Gasteiger partial charge in [0, 0.05) is 41.0 Å². The van der Waals surface area contributed by atoms with Gasteiger partial charge in [-0.3, -0.25) is 14.4 Å². The molecule has 0 spiro atoms. The van der Waals surface area contributed by atoms with Gasteiger partial charge in [0.15, 0.2) is 6.10 Å². The Kier molecular flexibility index (Phi) is 5.13. The Morgan fingerprint density at radius 3 is 2.84 bits per heavy atom. The number of aromatic amines is 1. The van der Waals surface area contributed by atoms with Gasteiger partial charge in [0.25, 0.3) is 5.24 Å². The van der Waals surface area contributed by atoms with Gasteiger partial charge < -0.3 is 14.6 Å². The second kappa shape index (κ2) is 7.31. The predicted molar refractivity (Wildman–Crippen MR) is 97.0 cm³/mol. The number of Topliss-reactive ketones (excluding diaryl/α,β-unsaturated/α-hetero) is 1. The van der Waals surface area contributed by atoms with Crippen molar-refractivity contribution in [3.63, 3.8) is 0 Å². The van der Waals surface area contributed by atoms with E-state index < -0.39 is 12.1 Å². The molecule has 6 nitrogen and oxygen atoms in total. The summed E-state index contributed by atoms with van der Waals surface area (Å²) in [6, 6.07) is 7.54. The third-order valence-corrected chi connectivity index (χ3v) is 5.14. The van der Waals surface area contributed by atoms with E-state index in [4.69, 9.17) is 4.74 Å². The quantitative estimate of drug-likeness (QED) is 0.632. The molecule has 1 aliphatic rings. The third kappa shape index (κ3) is 3.71. The Labute approximate surface area is 149 Å². The molecule has 2 heterocycles. The van der Waals surface area contributed by atoms with Crippen molar-refractivity contribution < 1.29 is 19.1 Å². The number of benzene rings is 1. The van der Waals surface area contributed by atoms with Gasteiger partial charge >= 0.3 is 5.97 Å². The van der Waals surface area contributed by atoms with Gasteiger partial charge in [-0.05, 0) is 19.9 Å². The summed E-state index contributed by atoms with van der Waals surface area (Å²) in [5.74, 6) is 0.0574. The fraction of sp³-hybridized carbons (Fsp3) is 0.389. The number of nitrogens with one attached hydrogen (secondary N) is 1. The van der Waals surface area contributed by atoms with Gasteiger partial charge in [-0.25, -0.2) is 0 Å². The summed E-state index contributed by atoms with van der Waals surface area (Å²) < 4.78 is 5.29. The molecule has 1 N–H and O–H groups in total. The molecular weight excluding hydrogens is 340 g/mol. The first-order valence-corrected chi connectivity index (χ1v) is 9.18. The van der Waals surface area contributed by atoms with Crippen molar-refractivity contribution in [1.29, 1.82) is 0 Å². The van der Waals surface area contributed by atoms with Crippen LogP contribution in [0.3, 0.4) is 0 Å². The van der Waals surface area contributed by atoms with E-state index in [1.165, 1.54) is 11.8 Å². The number of ether oxygens (including phenoxy) is 1. The maximum absolute atomic E-state index is 12.7. The zero-order valence-electron chi connectivity index (χ0n) is 14.2. The number of hydrogen-bond acceptors (Lipinski definition) is 5. The van der Waals surface area contributed by atoms with Crippen LogP contribution in [0, 0.1) is 6.92 Å². The van der Waals surface area contributed by atoms with Gasteiger partial charge in [-0.2, -0.15) is 0 Å². The van der Waals surface area contributed by atoms with Gasteiger partial charge in [0.05, 0.1) is 6.42 Å². The van der Waals surface area contributed by atoms with Crippen LogP contribution in [0.1, 0.15) is 29.4 Å². The molecule has 0 aliphatic carbocycles. The number of hydrogen-bond donors (Lipinski definition) is 1. The Morgan fingerprint density at radius 1 is 1.36 bits per heavy atom. The molecule has 1 fully saturated rings. The molecule has 1 saturated heterocycles. The number of H-pyrrole nitrogens is 1. The molecule has 1 amide bonds. The molecule has 0 bridgehead atoms. The van der Waals surface area contributed by atoms with Crippen molar-refractivity contribution in [1.82, 2.24) is 9.88 Å². The summed E-state index contributed by atoms with van der Waals surface area (Å²) in [4.78, 5) is 41.1. The third-order valence-electron chi connectivity index (χ3n) is 4.25. The Hall–Kier alpha value is -2.28. The number of amides is 1. The molecule has 25 heavy (non-hydrogen) atoms. The van der Waals surface area contributed by atoms with Crippen LogP contribution in [0.4, 0.5) is 4.79 Å². The van der Waals surface area contributed by atoms with E-state index >= 15 is 0 Å². The van der Waals surface area contributed by atoms with Crippen LogP contribution in [0.2, 0.25) is 0 Å². The average Bonchev–Trinajstić information content (AvgIpc) is 3.14. The summed E-state index contributed by atoms with van der Waals surface area (Å²) in [7, 11) is 0. The lowest BCUT2D eigenvalue weighted by Crippen LogP contribution is -2.29. The molecule has 1 aromatic carbocycles.